The van der Waals surface area contributed by atoms with Crippen molar-refractivity contribution in [3.05, 3.63) is 47.8 Å². The van der Waals surface area contributed by atoms with Crippen molar-refractivity contribution in [2.24, 2.45) is 0 Å². The van der Waals surface area contributed by atoms with Crippen molar-refractivity contribution in [3.63, 3.8) is 0 Å². The van der Waals surface area contributed by atoms with E-state index in [1.807, 2.05) is 36.4 Å². The van der Waals surface area contributed by atoms with Gasteiger partial charge in [-0.3, -0.25) is 4.79 Å². The van der Waals surface area contributed by atoms with Gasteiger partial charge in [0.1, 0.15) is 0 Å². The molecule has 4 nitrogen and oxygen atoms in total. The highest BCUT2D eigenvalue weighted by Gasteiger charge is 2.21. The van der Waals surface area contributed by atoms with E-state index >= 15 is 0 Å². The normalized spacial score (nSPS) is 11.5. The van der Waals surface area contributed by atoms with Gasteiger partial charge in [-0.25, -0.2) is 4.68 Å². The topological polar surface area (TPSA) is 55.1 Å². The van der Waals surface area contributed by atoms with Crippen LogP contribution in [0.2, 0.25) is 0 Å². The van der Waals surface area contributed by atoms with E-state index in [9.17, 15) is 4.79 Å². The summed E-state index contributed by atoms with van der Waals surface area (Å²) in [6.07, 6.45) is -0.0298. The molecule has 0 unspecified atom stereocenters. The summed E-state index contributed by atoms with van der Waals surface area (Å²) in [6.45, 7) is 6.19. The molecule has 4 heteroatoms. The second kappa shape index (κ2) is 4.88. The van der Waals surface area contributed by atoms with Crippen molar-refractivity contribution in [2.45, 2.75) is 32.6 Å². The molecular formula is C15H18N2O2. The minimum Gasteiger partial charge on any atom is -0.481 e. The molecule has 0 saturated heterocycles. The number of nitrogens with zero attached hydrogens (tertiary/aromatic N) is 2. The third-order valence-electron chi connectivity index (χ3n) is 2.88. The van der Waals surface area contributed by atoms with Crippen LogP contribution in [-0.2, 0) is 16.6 Å². The standard InChI is InChI=1S/C15H18N2O2/c1-15(2,3)13-9-12(10-14(18)19)17(16-13)11-7-5-4-6-8-11/h4-9H,10H2,1-3H3,(H,18,19). The van der Waals surface area contributed by atoms with Gasteiger partial charge in [0.2, 0.25) is 0 Å². The molecule has 0 aliphatic heterocycles. The zero-order valence-corrected chi connectivity index (χ0v) is 11.4. The van der Waals surface area contributed by atoms with Gasteiger partial charge in [-0.15, -0.1) is 0 Å². The summed E-state index contributed by atoms with van der Waals surface area (Å²) in [6, 6.07) is 11.5. The summed E-state index contributed by atoms with van der Waals surface area (Å²) in [5.41, 5.74) is 2.37. The molecule has 0 bridgehead atoms. The van der Waals surface area contributed by atoms with Gasteiger partial charge in [0.25, 0.3) is 0 Å². The average Bonchev–Trinajstić information content (AvgIpc) is 2.73. The Morgan fingerprint density at radius 2 is 1.89 bits per heavy atom. The first kappa shape index (κ1) is 13.3. The molecule has 19 heavy (non-hydrogen) atoms. The molecule has 2 rings (SSSR count). The first-order valence-corrected chi connectivity index (χ1v) is 6.24. The maximum atomic E-state index is 11.0. The van der Waals surface area contributed by atoms with Crippen LogP contribution in [0.25, 0.3) is 5.69 Å². The minimum atomic E-state index is -0.849. The number of carboxylic acids is 1. The largest absolute Gasteiger partial charge is 0.481 e. The third kappa shape index (κ3) is 3.02. The lowest BCUT2D eigenvalue weighted by atomic mass is 9.92. The number of hydrogen-bond donors (Lipinski definition) is 1. The highest BCUT2D eigenvalue weighted by Crippen LogP contribution is 2.23. The maximum absolute atomic E-state index is 11.0. The van der Waals surface area contributed by atoms with E-state index in [2.05, 4.69) is 25.9 Å². The van der Waals surface area contributed by atoms with E-state index in [1.165, 1.54) is 0 Å². The Morgan fingerprint density at radius 3 is 2.42 bits per heavy atom. The minimum absolute atomic E-state index is 0.0298. The quantitative estimate of drug-likeness (QED) is 0.921. The smallest absolute Gasteiger partial charge is 0.309 e. The molecule has 0 aliphatic rings. The zero-order valence-electron chi connectivity index (χ0n) is 11.4. The predicted octanol–water partition coefficient (Wildman–Crippen LogP) is 2.80. The molecular weight excluding hydrogens is 240 g/mol. The number of para-hydroxylation sites is 1. The Kier molecular flexibility index (Phi) is 3.42. The van der Waals surface area contributed by atoms with Gasteiger partial charge in [-0.1, -0.05) is 39.0 Å². The number of carboxylic acid groups (broad SMARTS) is 1. The molecule has 0 saturated carbocycles. The van der Waals surface area contributed by atoms with Gasteiger partial charge in [0, 0.05) is 5.41 Å². The fourth-order valence-electron chi connectivity index (χ4n) is 1.86. The van der Waals surface area contributed by atoms with Gasteiger partial charge < -0.3 is 5.11 Å². The summed E-state index contributed by atoms with van der Waals surface area (Å²) in [5, 5.41) is 13.6. The lowest BCUT2D eigenvalue weighted by molar-refractivity contribution is -0.136. The van der Waals surface area contributed by atoms with Crippen LogP contribution in [-0.4, -0.2) is 20.9 Å². The summed E-state index contributed by atoms with van der Waals surface area (Å²) < 4.78 is 1.72. The summed E-state index contributed by atoms with van der Waals surface area (Å²) in [7, 11) is 0. The first-order valence-electron chi connectivity index (χ1n) is 6.24. The lowest BCUT2D eigenvalue weighted by Crippen LogP contribution is -2.12. The molecule has 0 amide bonds. The molecule has 1 aromatic carbocycles. The van der Waals surface area contributed by atoms with Gasteiger partial charge in [-0.05, 0) is 18.2 Å². The molecule has 0 atom stereocenters. The van der Waals surface area contributed by atoms with Crippen molar-refractivity contribution in [2.75, 3.05) is 0 Å². The molecule has 0 aliphatic carbocycles. The van der Waals surface area contributed by atoms with Crippen LogP contribution < -0.4 is 0 Å². The van der Waals surface area contributed by atoms with E-state index in [0.29, 0.717) is 5.69 Å². The molecule has 0 fully saturated rings. The molecule has 2 aromatic rings. The van der Waals surface area contributed by atoms with E-state index < -0.39 is 5.97 Å². The van der Waals surface area contributed by atoms with Crippen LogP contribution in [0.15, 0.2) is 36.4 Å². The van der Waals surface area contributed by atoms with Gasteiger partial charge in [0.15, 0.2) is 0 Å². The van der Waals surface area contributed by atoms with E-state index in [-0.39, 0.29) is 11.8 Å². The molecule has 0 radical (unpaired) electrons. The lowest BCUT2D eigenvalue weighted by Gasteiger charge is -2.14. The number of carbonyl (C=O) groups is 1. The number of aromatic nitrogens is 2. The van der Waals surface area contributed by atoms with Crippen molar-refractivity contribution in [1.82, 2.24) is 9.78 Å². The molecule has 100 valence electrons. The molecule has 1 N–H and O–H groups in total. The Balaban J connectivity index is 2.52. The van der Waals surface area contributed by atoms with Gasteiger partial charge >= 0.3 is 5.97 Å². The third-order valence-corrected chi connectivity index (χ3v) is 2.88. The second-order valence-corrected chi connectivity index (χ2v) is 5.59. The monoisotopic (exact) mass is 258 g/mol. The van der Waals surface area contributed by atoms with Crippen molar-refractivity contribution in [1.29, 1.82) is 0 Å². The molecule has 0 spiro atoms. The second-order valence-electron chi connectivity index (χ2n) is 5.59. The number of benzene rings is 1. The van der Waals surface area contributed by atoms with Gasteiger partial charge in [0.05, 0.1) is 23.5 Å². The summed E-state index contributed by atoms with van der Waals surface area (Å²) >= 11 is 0. The van der Waals surface area contributed by atoms with E-state index in [0.717, 1.165) is 11.4 Å². The van der Waals surface area contributed by atoms with E-state index in [1.54, 1.807) is 4.68 Å². The van der Waals surface area contributed by atoms with Crippen molar-refractivity contribution < 1.29 is 9.90 Å². The fourth-order valence-corrected chi connectivity index (χ4v) is 1.86. The Morgan fingerprint density at radius 1 is 1.26 bits per heavy atom. The Hall–Kier alpha value is -2.10. The summed E-state index contributed by atoms with van der Waals surface area (Å²) in [5.74, 6) is -0.849. The maximum Gasteiger partial charge on any atom is 0.309 e. The highest BCUT2D eigenvalue weighted by molar-refractivity contribution is 5.70. The first-order chi connectivity index (χ1) is 8.88. The van der Waals surface area contributed by atoms with Crippen LogP contribution in [0.3, 0.4) is 0 Å². The van der Waals surface area contributed by atoms with Crippen LogP contribution in [0.4, 0.5) is 0 Å². The predicted molar refractivity (Wildman–Crippen MR) is 73.6 cm³/mol. The number of aliphatic carboxylic acids is 1. The Labute approximate surface area is 112 Å². The molecule has 1 heterocycles. The van der Waals surface area contributed by atoms with Crippen LogP contribution in [0, 0.1) is 0 Å². The van der Waals surface area contributed by atoms with Crippen LogP contribution in [0.1, 0.15) is 32.2 Å². The fraction of sp³-hybridized carbons (Fsp3) is 0.333. The van der Waals surface area contributed by atoms with Crippen molar-refractivity contribution >= 4 is 5.97 Å². The SMILES string of the molecule is CC(C)(C)c1cc(CC(=O)O)n(-c2ccccc2)n1. The van der Waals surface area contributed by atoms with Crippen LogP contribution in [0.5, 0.6) is 0 Å². The van der Waals surface area contributed by atoms with E-state index in [4.69, 9.17) is 5.11 Å². The highest BCUT2D eigenvalue weighted by atomic mass is 16.4. The zero-order chi connectivity index (χ0) is 14.0. The van der Waals surface area contributed by atoms with Crippen molar-refractivity contribution in [3.8, 4) is 5.69 Å². The molecule has 1 aromatic heterocycles. The summed E-state index contributed by atoms with van der Waals surface area (Å²) in [4.78, 5) is 11.0. The van der Waals surface area contributed by atoms with Gasteiger partial charge in [-0.2, -0.15) is 5.10 Å². The van der Waals surface area contributed by atoms with Crippen LogP contribution >= 0.6 is 0 Å². The number of hydrogen-bond acceptors (Lipinski definition) is 2. The average molecular weight is 258 g/mol. The Bertz CT molecular complexity index is 580. The number of rotatable bonds is 3.